The van der Waals surface area contributed by atoms with E-state index in [2.05, 4.69) is 10.3 Å². The first kappa shape index (κ1) is 20.3. The van der Waals surface area contributed by atoms with Crippen molar-refractivity contribution in [3.05, 3.63) is 64.8 Å². The molecule has 6 nitrogen and oxygen atoms in total. The van der Waals surface area contributed by atoms with E-state index in [4.69, 9.17) is 11.6 Å². The first-order valence-electron chi connectivity index (χ1n) is 10.2. The summed E-state index contributed by atoms with van der Waals surface area (Å²) in [6.45, 7) is 4.31. The van der Waals surface area contributed by atoms with Crippen LogP contribution in [0.1, 0.15) is 17.7 Å². The van der Waals surface area contributed by atoms with Crippen molar-refractivity contribution in [3.63, 3.8) is 0 Å². The van der Waals surface area contributed by atoms with Crippen LogP contribution in [0.4, 0.5) is 10.5 Å². The fraction of sp³-hybridized carbons (Fsp3) is 0.304. The summed E-state index contributed by atoms with van der Waals surface area (Å²) in [7, 11) is 0. The summed E-state index contributed by atoms with van der Waals surface area (Å²) < 4.78 is 0. The number of halogens is 1. The van der Waals surface area contributed by atoms with Crippen LogP contribution < -0.4 is 5.32 Å². The van der Waals surface area contributed by atoms with E-state index < -0.39 is 0 Å². The van der Waals surface area contributed by atoms with Crippen LogP contribution in [-0.2, 0) is 11.2 Å². The topological polar surface area (TPSA) is 68.4 Å². The normalized spacial score (nSPS) is 14.6. The number of aryl methyl sites for hydroxylation is 1. The lowest BCUT2D eigenvalue weighted by molar-refractivity contribution is -0.130. The Morgan fingerprint density at radius 3 is 2.63 bits per heavy atom. The number of hydrogen-bond donors (Lipinski definition) is 2. The number of amides is 3. The molecule has 0 bridgehead atoms. The molecule has 1 fully saturated rings. The number of nitrogens with zero attached hydrogens (tertiary/aromatic N) is 2. The van der Waals surface area contributed by atoms with E-state index in [1.54, 1.807) is 29.2 Å². The van der Waals surface area contributed by atoms with Gasteiger partial charge in [-0.2, -0.15) is 0 Å². The molecular weight excluding hydrogens is 400 g/mol. The Kier molecular flexibility index (Phi) is 5.95. The minimum Gasteiger partial charge on any atom is -0.358 e. The predicted molar refractivity (Wildman–Crippen MR) is 120 cm³/mol. The van der Waals surface area contributed by atoms with Gasteiger partial charge in [0.15, 0.2) is 0 Å². The molecule has 30 heavy (non-hydrogen) atoms. The lowest BCUT2D eigenvalue weighted by Crippen LogP contribution is -2.39. The number of hydrogen-bond acceptors (Lipinski definition) is 2. The van der Waals surface area contributed by atoms with Crippen LogP contribution >= 0.6 is 11.6 Å². The maximum Gasteiger partial charge on any atom is 0.321 e. The number of benzene rings is 2. The van der Waals surface area contributed by atoms with Gasteiger partial charge >= 0.3 is 6.03 Å². The Morgan fingerprint density at radius 1 is 1.03 bits per heavy atom. The third-order valence-electron chi connectivity index (χ3n) is 5.57. The summed E-state index contributed by atoms with van der Waals surface area (Å²) in [6, 6.07) is 15.0. The quantitative estimate of drug-likeness (QED) is 0.652. The maximum absolute atomic E-state index is 13.0. The summed E-state index contributed by atoms with van der Waals surface area (Å²) in [5.74, 6) is 0.0972. The molecule has 2 heterocycles. The summed E-state index contributed by atoms with van der Waals surface area (Å²) in [5.41, 5.74) is 3.80. The van der Waals surface area contributed by atoms with Gasteiger partial charge in [-0.25, -0.2) is 4.79 Å². The van der Waals surface area contributed by atoms with Gasteiger partial charge in [-0.1, -0.05) is 35.9 Å². The van der Waals surface area contributed by atoms with Gasteiger partial charge in [-0.3, -0.25) is 4.79 Å². The van der Waals surface area contributed by atoms with Crippen molar-refractivity contribution in [2.75, 3.05) is 31.5 Å². The number of anilines is 1. The van der Waals surface area contributed by atoms with Crippen LogP contribution in [0.3, 0.4) is 0 Å². The second-order valence-electron chi connectivity index (χ2n) is 7.61. The zero-order valence-electron chi connectivity index (χ0n) is 17.0. The lowest BCUT2D eigenvalue weighted by Gasteiger charge is -2.22. The summed E-state index contributed by atoms with van der Waals surface area (Å²) in [6.07, 6.45) is 1.12. The molecule has 7 heteroatoms. The Labute approximate surface area is 180 Å². The van der Waals surface area contributed by atoms with Crippen molar-refractivity contribution >= 4 is 40.1 Å². The smallest absolute Gasteiger partial charge is 0.321 e. The second-order valence-corrected chi connectivity index (χ2v) is 8.05. The molecule has 1 aliphatic heterocycles. The van der Waals surface area contributed by atoms with Crippen molar-refractivity contribution in [2.24, 2.45) is 0 Å². The Morgan fingerprint density at radius 2 is 1.80 bits per heavy atom. The summed E-state index contributed by atoms with van der Waals surface area (Å²) >= 11 is 5.99. The monoisotopic (exact) mass is 424 g/mol. The molecule has 4 rings (SSSR count). The number of urea groups is 1. The van der Waals surface area contributed by atoms with Crippen LogP contribution in [0, 0.1) is 6.92 Å². The highest BCUT2D eigenvalue weighted by Gasteiger charge is 2.23. The number of H-pyrrole nitrogens is 1. The highest BCUT2D eigenvalue weighted by Crippen LogP contribution is 2.23. The zero-order chi connectivity index (χ0) is 21.1. The highest BCUT2D eigenvalue weighted by molar-refractivity contribution is 6.30. The van der Waals surface area contributed by atoms with E-state index in [9.17, 15) is 9.59 Å². The zero-order valence-corrected chi connectivity index (χ0v) is 17.7. The molecule has 0 unspecified atom stereocenters. The van der Waals surface area contributed by atoms with Crippen LogP contribution in [-0.4, -0.2) is 52.9 Å². The number of aromatic amines is 1. The molecule has 1 aromatic heterocycles. The minimum absolute atomic E-state index is 0.0972. The van der Waals surface area contributed by atoms with Crippen LogP contribution in [0.2, 0.25) is 5.02 Å². The van der Waals surface area contributed by atoms with Crippen molar-refractivity contribution in [3.8, 4) is 0 Å². The molecule has 3 aromatic rings. The van der Waals surface area contributed by atoms with E-state index in [1.807, 2.05) is 36.1 Å². The van der Waals surface area contributed by atoms with Gasteiger partial charge < -0.3 is 20.1 Å². The van der Waals surface area contributed by atoms with Gasteiger partial charge in [0.25, 0.3) is 0 Å². The number of nitrogens with one attached hydrogen (secondary N) is 2. The minimum atomic E-state index is -0.168. The van der Waals surface area contributed by atoms with E-state index in [-0.39, 0.29) is 11.9 Å². The third kappa shape index (κ3) is 4.44. The lowest BCUT2D eigenvalue weighted by atomic mass is 10.1. The van der Waals surface area contributed by atoms with Crippen molar-refractivity contribution in [2.45, 2.75) is 19.8 Å². The van der Waals surface area contributed by atoms with Crippen LogP contribution in [0.15, 0.2) is 48.5 Å². The first-order valence-corrected chi connectivity index (χ1v) is 10.5. The van der Waals surface area contributed by atoms with Crippen molar-refractivity contribution in [1.82, 2.24) is 14.8 Å². The number of para-hydroxylation sites is 1. The SMILES string of the molecule is Cc1[nH]c2ccccc2c1CC(=O)N1CCCN(C(=O)Nc2cccc(Cl)c2)CC1. The van der Waals surface area contributed by atoms with Gasteiger partial charge in [0.2, 0.25) is 5.91 Å². The fourth-order valence-electron chi connectivity index (χ4n) is 3.96. The first-order chi connectivity index (χ1) is 14.5. The number of carbonyl (C=O) groups is 2. The van der Waals surface area contributed by atoms with Gasteiger partial charge in [0.05, 0.1) is 6.42 Å². The molecular formula is C23H25ClN4O2. The molecule has 1 saturated heterocycles. The number of aromatic nitrogens is 1. The van der Waals surface area contributed by atoms with Gasteiger partial charge in [-0.05, 0) is 43.2 Å². The molecule has 156 valence electrons. The maximum atomic E-state index is 13.0. The van der Waals surface area contributed by atoms with E-state index >= 15 is 0 Å². The molecule has 0 spiro atoms. The molecule has 0 aliphatic carbocycles. The van der Waals surface area contributed by atoms with Crippen molar-refractivity contribution < 1.29 is 9.59 Å². The molecule has 2 aromatic carbocycles. The van der Waals surface area contributed by atoms with E-state index in [0.717, 1.165) is 28.6 Å². The predicted octanol–water partition coefficient (Wildman–Crippen LogP) is 4.44. The number of carbonyl (C=O) groups excluding carboxylic acids is 2. The molecule has 0 radical (unpaired) electrons. The molecule has 0 atom stereocenters. The van der Waals surface area contributed by atoms with Gasteiger partial charge in [0, 0.05) is 53.5 Å². The number of fused-ring (bicyclic) bond motifs is 1. The Bertz CT molecular complexity index is 1080. The Hall–Kier alpha value is -2.99. The molecule has 3 amide bonds. The highest BCUT2D eigenvalue weighted by atomic mass is 35.5. The van der Waals surface area contributed by atoms with Crippen LogP contribution in [0.5, 0.6) is 0 Å². The summed E-state index contributed by atoms with van der Waals surface area (Å²) in [5, 5.41) is 4.56. The van der Waals surface area contributed by atoms with Crippen LogP contribution in [0.25, 0.3) is 10.9 Å². The van der Waals surface area contributed by atoms with E-state index in [0.29, 0.717) is 43.3 Å². The van der Waals surface area contributed by atoms with Gasteiger partial charge in [0.1, 0.15) is 0 Å². The van der Waals surface area contributed by atoms with E-state index in [1.165, 1.54) is 0 Å². The third-order valence-corrected chi connectivity index (χ3v) is 5.80. The molecule has 0 saturated carbocycles. The largest absolute Gasteiger partial charge is 0.358 e. The standard InChI is InChI=1S/C23H25ClN4O2/c1-16-20(19-8-2-3-9-21(19)25-16)15-22(29)27-10-5-11-28(13-12-27)23(30)26-18-7-4-6-17(24)14-18/h2-4,6-9,14,25H,5,10-13,15H2,1H3,(H,26,30). The summed E-state index contributed by atoms with van der Waals surface area (Å²) in [4.78, 5) is 32.6. The number of rotatable bonds is 3. The second kappa shape index (κ2) is 8.79. The van der Waals surface area contributed by atoms with Crippen molar-refractivity contribution in [1.29, 1.82) is 0 Å². The molecule has 1 aliphatic rings. The van der Waals surface area contributed by atoms with Gasteiger partial charge in [-0.15, -0.1) is 0 Å². The average molecular weight is 425 g/mol. The Balaban J connectivity index is 1.38. The molecule has 2 N–H and O–H groups in total. The average Bonchev–Trinajstić information content (AvgIpc) is 2.90. The fourth-order valence-corrected chi connectivity index (χ4v) is 4.15.